The monoisotopic (exact) mass is 356 g/mol. The summed E-state index contributed by atoms with van der Waals surface area (Å²) < 4.78 is 27.5. The van der Waals surface area contributed by atoms with Crippen LogP contribution in [0.15, 0.2) is 52.1 Å². The molecule has 0 unspecified atom stereocenters. The van der Waals surface area contributed by atoms with Crippen molar-refractivity contribution in [3.05, 3.63) is 52.8 Å². The minimum atomic E-state index is -3.64. The molecule has 0 saturated heterocycles. The number of aromatic nitrogens is 1. The van der Waals surface area contributed by atoms with Crippen molar-refractivity contribution in [3.8, 4) is 0 Å². The molecule has 1 heterocycles. The van der Waals surface area contributed by atoms with Crippen LogP contribution in [0.2, 0.25) is 0 Å². The van der Waals surface area contributed by atoms with E-state index in [2.05, 4.69) is 25.6 Å². The van der Waals surface area contributed by atoms with Crippen LogP contribution >= 0.6 is 15.9 Å². The Morgan fingerprint density at radius 2 is 1.90 bits per heavy atom. The van der Waals surface area contributed by atoms with Crippen molar-refractivity contribution in [2.75, 3.05) is 11.3 Å². The standard InChI is InChI=1S/C13H13BrN2O3S/c14-12-9-15-7-5-13(12)16-20(18,19)11-3-1-10(2-4-11)6-8-17/h1-5,7,9,17H,6,8H2,(H,15,16). The number of rotatable bonds is 5. The second kappa shape index (κ2) is 6.34. The van der Waals surface area contributed by atoms with Gasteiger partial charge in [0.15, 0.2) is 0 Å². The molecular formula is C13H13BrN2O3S. The van der Waals surface area contributed by atoms with E-state index in [1.54, 1.807) is 18.2 Å². The lowest BCUT2D eigenvalue weighted by molar-refractivity contribution is 0.299. The van der Waals surface area contributed by atoms with Crippen LogP contribution in [0.5, 0.6) is 0 Å². The van der Waals surface area contributed by atoms with Crippen molar-refractivity contribution in [2.24, 2.45) is 0 Å². The number of anilines is 1. The van der Waals surface area contributed by atoms with Gasteiger partial charge >= 0.3 is 0 Å². The van der Waals surface area contributed by atoms with Crippen molar-refractivity contribution < 1.29 is 13.5 Å². The highest BCUT2D eigenvalue weighted by atomic mass is 79.9. The van der Waals surface area contributed by atoms with Crippen molar-refractivity contribution in [2.45, 2.75) is 11.3 Å². The fourth-order valence-electron chi connectivity index (χ4n) is 1.63. The third kappa shape index (κ3) is 3.56. The number of nitrogens with one attached hydrogen (secondary N) is 1. The lowest BCUT2D eigenvalue weighted by Gasteiger charge is -2.09. The number of halogens is 1. The number of nitrogens with zero attached hydrogens (tertiary/aromatic N) is 1. The van der Waals surface area contributed by atoms with Gasteiger partial charge in [-0.3, -0.25) is 9.71 Å². The molecule has 7 heteroatoms. The molecule has 0 radical (unpaired) electrons. The summed E-state index contributed by atoms with van der Waals surface area (Å²) in [6.07, 6.45) is 3.53. The van der Waals surface area contributed by atoms with E-state index in [0.717, 1.165) is 5.56 Å². The Balaban J connectivity index is 2.24. The average molecular weight is 357 g/mol. The average Bonchev–Trinajstić information content (AvgIpc) is 2.42. The van der Waals surface area contributed by atoms with Gasteiger partial charge < -0.3 is 5.11 Å². The predicted molar refractivity (Wildman–Crippen MR) is 80.0 cm³/mol. The maximum absolute atomic E-state index is 12.2. The normalized spacial score (nSPS) is 11.3. The molecule has 106 valence electrons. The molecule has 0 fully saturated rings. The van der Waals surface area contributed by atoms with Crippen LogP contribution in [-0.2, 0) is 16.4 Å². The molecule has 0 aliphatic rings. The minimum absolute atomic E-state index is 0.0360. The molecule has 5 nitrogen and oxygen atoms in total. The maximum atomic E-state index is 12.2. The highest BCUT2D eigenvalue weighted by Crippen LogP contribution is 2.23. The van der Waals surface area contributed by atoms with E-state index in [9.17, 15) is 8.42 Å². The summed E-state index contributed by atoms with van der Waals surface area (Å²) in [4.78, 5) is 4.04. The zero-order chi connectivity index (χ0) is 14.6. The minimum Gasteiger partial charge on any atom is -0.396 e. The van der Waals surface area contributed by atoms with E-state index in [1.165, 1.54) is 24.5 Å². The Labute approximate surface area is 125 Å². The zero-order valence-electron chi connectivity index (χ0n) is 10.5. The molecule has 0 spiro atoms. The molecule has 2 rings (SSSR count). The SMILES string of the molecule is O=S(=O)(Nc1ccncc1Br)c1ccc(CCO)cc1. The van der Waals surface area contributed by atoms with Gasteiger partial charge in [-0.15, -0.1) is 0 Å². The van der Waals surface area contributed by atoms with Crippen LogP contribution in [0, 0.1) is 0 Å². The Kier molecular flexibility index (Phi) is 4.74. The van der Waals surface area contributed by atoms with Gasteiger partial charge in [0.2, 0.25) is 0 Å². The molecule has 0 saturated carbocycles. The smallest absolute Gasteiger partial charge is 0.261 e. The van der Waals surface area contributed by atoms with E-state index in [0.29, 0.717) is 16.6 Å². The second-order valence-corrected chi connectivity index (χ2v) is 6.62. The summed E-state index contributed by atoms with van der Waals surface area (Å²) in [5, 5.41) is 8.83. The third-order valence-electron chi connectivity index (χ3n) is 2.65. The van der Waals surface area contributed by atoms with Crippen LogP contribution < -0.4 is 4.72 Å². The van der Waals surface area contributed by atoms with Gasteiger partial charge in [0, 0.05) is 19.0 Å². The highest BCUT2D eigenvalue weighted by Gasteiger charge is 2.15. The van der Waals surface area contributed by atoms with Crippen molar-refractivity contribution in [1.29, 1.82) is 0 Å². The number of benzene rings is 1. The third-order valence-corrected chi connectivity index (χ3v) is 4.66. The molecule has 1 aromatic heterocycles. The van der Waals surface area contributed by atoms with Crippen molar-refractivity contribution >= 4 is 31.6 Å². The number of aliphatic hydroxyl groups excluding tert-OH is 1. The van der Waals surface area contributed by atoms with Gasteiger partial charge in [-0.05, 0) is 46.1 Å². The Bertz CT molecular complexity index is 687. The topological polar surface area (TPSA) is 79.3 Å². The fraction of sp³-hybridized carbons (Fsp3) is 0.154. The highest BCUT2D eigenvalue weighted by molar-refractivity contribution is 9.10. The van der Waals surface area contributed by atoms with Gasteiger partial charge in [0.1, 0.15) is 0 Å². The van der Waals surface area contributed by atoms with Crippen molar-refractivity contribution in [1.82, 2.24) is 4.98 Å². The summed E-state index contributed by atoms with van der Waals surface area (Å²) >= 11 is 3.24. The molecule has 2 aromatic rings. The molecule has 0 aliphatic heterocycles. The van der Waals surface area contributed by atoms with Gasteiger partial charge in [0.05, 0.1) is 15.1 Å². The van der Waals surface area contributed by atoms with Gasteiger partial charge in [0.25, 0.3) is 10.0 Å². The predicted octanol–water partition coefficient (Wildman–Crippen LogP) is 2.18. The first-order valence-electron chi connectivity index (χ1n) is 5.85. The van der Waals surface area contributed by atoms with E-state index in [-0.39, 0.29) is 11.5 Å². The van der Waals surface area contributed by atoms with Crippen LogP contribution in [0.3, 0.4) is 0 Å². The van der Waals surface area contributed by atoms with E-state index in [1.807, 2.05) is 0 Å². The summed E-state index contributed by atoms with van der Waals surface area (Å²) in [5.41, 5.74) is 1.32. The molecule has 0 atom stereocenters. The first-order valence-corrected chi connectivity index (χ1v) is 8.12. The lowest BCUT2D eigenvalue weighted by Crippen LogP contribution is -2.13. The molecule has 0 amide bonds. The maximum Gasteiger partial charge on any atom is 0.261 e. The molecule has 1 aromatic carbocycles. The second-order valence-electron chi connectivity index (χ2n) is 4.08. The van der Waals surface area contributed by atoms with Crippen molar-refractivity contribution in [3.63, 3.8) is 0 Å². The van der Waals surface area contributed by atoms with Crippen LogP contribution in [0.1, 0.15) is 5.56 Å². The molecule has 0 bridgehead atoms. The summed E-state index contributed by atoms with van der Waals surface area (Å²) in [5.74, 6) is 0. The summed E-state index contributed by atoms with van der Waals surface area (Å²) in [6.45, 7) is 0.0360. The largest absolute Gasteiger partial charge is 0.396 e. The van der Waals surface area contributed by atoms with E-state index in [4.69, 9.17) is 5.11 Å². The Morgan fingerprint density at radius 3 is 2.50 bits per heavy atom. The van der Waals surface area contributed by atoms with Crippen LogP contribution in [0.4, 0.5) is 5.69 Å². The Morgan fingerprint density at radius 1 is 1.20 bits per heavy atom. The number of hydrogen-bond acceptors (Lipinski definition) is 4. The zero-order valence-corrected chi connectivity index (χ0v) is 12.9. The number of sulfonamides is 1. The Hall–Kier alpha value is -1.44. The van der Waals surface area contributed by atoms with Gasteiger partial charge in [-0.2, -0.15) is 0 Å². The summed E-state index contributed by atoms with van der Waals surface area (Å²) in [7, 11) is -3.64. The van der Waals surface area contributed by atoms with E-state index < -0.39 is 10.0 Å². The van der Waals surface area contributed by atoms with E-state index >= 15 is 0 Å². The van der Waals surface area contributed by atoms with Gasteiger partial charge in [-0.25, -0.2) is 8.42 Å². The lowest BCUT2D eigenvalue weighted by atomic mass is 10.2. The molecular weight excluding hydrogens is 344 g/mol. The molecule has 0 aliphatic carbocycles. The summed E-state index contributed by atoms with van der Waals surface area (Å²) in [6, 6.07) is 7.98. The fourth-order valence-corrected chi connectivity index (χ4v) is 3.19. The first-order chi connectivity index (χ1) is 9.53. The number of hydrogen-bond donors (Lipinski definition) is 2. The van der Waals surface area contributed by atoms with Crippen LogP contribution in [0.25, 0.3) is 0 Å². The molecule has 2 N–H and O–H groups in total. The quantitative estimate of drug-likeness (QED) is 0.860. The number of aliphatic hydroxyl groups is 1. The number of pyridine rings is 1. The van der Waals surface area contributed by atoms with Gasteiger partial charge in [-0.1, -0.05) is 12.1 Å². The van der Waals surface area contributed by atoms with Crippen LogP contribution in [-0.4, -0.2) is 25.1 Å². The molecule has 20 heavy (non-hydrogen) atoms. The first kappa shape index (κ1) is 15.0.